The molecule has 1 aromatic carbocycles. The summed E-state index contributed by atoms with van der Waals surface area (Å²) in [5, 5.41) is 2.29. The zero-order valence-electron chi connectivity index (χ0n) is 11.0. The molecule has 1 aliphatic carbocycles. The van der Waals surface area contributed by atoms with Gasteiger partial charge in [0.05, 0.1) is 0 Å². The Morgan fingerprint density at radius 2 is 1.80 bits per heavy atom. The van der Waals surface area contributed by atoms with E-state index in [1.165, 1.54) is 0 Å². The SMILES string of the molecule is NC1(CC(=O)Nc2c(F)cc(Br)cc2F)CCCCC1. The molecule has 6 heteroatoms. The van der Waals surface area contributed by atoms with E-state index in [2.05, 4.69) is 21.2 Å². The molecular weight excluding hydrogens is 330 g/mol. The van der Waals surface area contributed by atoms with Gasteiger partial charge in [-0.15, -0.1) is 0 Å². The number of carbonyl (C=O) groups excluding carboxylic acids is 1. The van der Waals surface area contributed by atoms with Crippen LogP contribution in [0.25, 0.3) is 0 Å². The van der Waals surface area contributed by atoms with Crippen LogP contribution in [0.5, 0.6) is 0 Å². The molecule has 0 heterocycles. The maximum absolute atomic E-state index is 13.6. The van der Waals surface area contributed by atoms with Gasteiger partial charge in [0.25, 0.3) is 0 Å². The van der Waals surface area contributed by atoms with Crippen LogP contribution in [0.1, 0.15) is 38.5 Å². The lowest BCUT2D eigenvalue weighted by molar-refractivity contribution is -0.117. The van der Waals surface area contributed by atoms with Crippen LogP contribution in [-0.4, -0.2) is 11.4 Å². The molecule has 0 atom stereocenters. The molecule has 0 radical (unpaired) electrons. The topological polar surface area (TPSA) is 55.1 Å². The quantitative estimate of drug-likeness (QED) is 0.876. The van der Waals surface area contributed by atoms with E-state index < -0.39 is 28.8 Å². The van der Waals surface area contributed by atoms with Gasteiger partial charge in [0.1, 0.15) is 5.69 Å². The van der Waals surface area contributed by atoms with Crippen LogP contribution in [0.15, 0.2) is 16.6 Å². The van der Waals surface area contributed by atoms with Crippen LogP contribution < -0.4 is 11.1 Å². The molecular formula is C14H17BrF2N2O. The van der Waals surface area contributed by atoms with Crippen molar-refractivity contribution in [2.24, 2.45) is 5.73 Å². The highest BCUT2D eigenvalue weighted by atomic mass is 79.9. The first-order valence-electron chi connectivity index (χ1n) is 6.63. The summed E-state index contributed by atoms with van der Waals surface area (Å²) in [5.41, 5.74) is 5.19. The number of rotatable bonds is 3. The van der Waals surface area contributed by atoms with E-state index in [1.54, 1.807) is 0 Å². The average Bonchev–Trinajstić information content (AvgIpc) is 2.34. The fraction of sp³-hybridized carbons (Fsp3) is 0.500. The van der Waals surface area contributed by atoms with E-state index in [-0.39, 0.29) is 10.9 Å². The first-order chi connectivity index (χ1) is 9.39. The zero-order valence-corrected chi connectivity index (χ0v) is 12.6. The second-order valence-electron chi connectivity index (χ2n) is 5.39. The fourth-order valence-corrected chi connectivity index (χ4v) is 3.00. The number of hydrogen-bond donors (Lipinski definition) is 2. The number of halogens is 3. The van der Waals surface area contributed by atoms with Crippen molar-refractivity contribution in [3.63, 3.8) is 0 Å². The first kappa shape index (κ1) is 15.4. The monoisotopic (exact) mass is 346 g/mol. The Balaban J connectivity index is 2.05. The summed E-state index contributed by atoms with van der Waals surface area (Å²) >= 11 is 2.99. The third-order valence-corrected chi connectivity index (χ3v) is 4.09. The van der Waals surface area contributed by atoms with Crippen molar-refractivity contribution in [3.05, 3.63) is 28.2 Å². The molecule has 2 rings (SSSR count). The second kappa shape index (κ2) is 6.18. The standard InChI is InChI=1S/C14H17BrF2N2O/c15-9-6-10(16)13(11(17)7-9)19-12(20)8-14(18)4-2-1-3-5-14/h6-7H,1-5,8,18H2,(H,19,20). The molecule has 0 unspecified atom stereocenters. The summed E-state index contributed by atoms with van der Waals surface area (Å²) in [6, 6.07) is 2.22. The lowest BCUT2D eigenvalue weighted by Gasteiger charge is -2.32. The van der Waals surface area contributed by atoms with E-state index in [1.807, 2.05) is 0 Å². The summed E-state index contributed by atoms with van der Waals surface area (Å²) in [7, 11) is 0. The summed E-state index contributed by atoms with van der Waals surface area (Å²) in [4.78, 5) is 11.9. The zero-order chi connectivity index (χ0) is 14.8. The van der Waals surface area contributed by atoms with E-state index in [9.17, 15) is 13.6 Å². The first-order valence-corrected chi connectivity index (χ1v) is 7.42. The Morgan fingerprint density at radius 1 is 1.25 bits per heavy atom. The molecule has 0 bridgehead atoms. The van der Waals surface area contributed by atoms with Crippen molar-refractivity contribution < 1.29 is 13.6 Å². The molecule has 3 N–H and O–H groups in total. The van der Waals surface area contributed by atoms with Crippen molar-refractivity contribution in [2.75, 3.05) is 5.32 Å². The smallest absolute Gasteiger partial charge is 0.226 e. The van der Waals surface area contributed by atoms with Crippen LogP contribution >= 0.6 is 15.9 Å². The number of anilines is 1. The maximum Gasteiger partial charge on any atom is 0.226 e. The molecule has 0 saturated heterocycles. The van der Waals surface area contributed by atoms with Gasteiger partial charge < -0.3 is 11.1 Å². The van der Waals surface area contributed by atoms with Crippen LogP contribution in [0.4, 0.5) is 14.5 Å². The molecule has 1 aromatic rings. The minimum atomic E-state index is -0.806. The van der Waals surface area contributed by atoms with Gasteiger partial charge in [-0.1, -0.05) is 35.2 Å². The van der Waals surface area contributed by atoms with E-state index in [4.69, 9.17) is 5.73 Å². The molecule has 20 heavy (non-hydrogen) atoms. The van der Waals surface area contributed by atoms with Crippen molar-refractivity contribution in [1.29, 1.82) is 0 Å². The van der Waals surface area contributed by atoms with Gasteiger partial charge in [-0.05, 0) is 25.0 Å². The molecule has 1 amide bonds. The maximum atomic E-state index is 13.6. The molecule has 0 aromatic heterocycles. The molecule has 1 fully saturated rings. The second-order valence-corrected chi connectivity index (χ2v) is 6.31. The van der Waals surface area contributed by atoms with Gasteiger partial charge in [-0.2, -0.15) is 0 Å². The van der Waals surface area contributed by atoms with Crippen molar-refractivity contribution in [2.45, 2.75) is 44.1 Å². The third-order valence-electron chi connectivity index (χ3n) is 3.63. The minimum Gasteiger partial charge on any atom is -0.325 e. The molecule has 110 valence electrons. The highest BCUT2D eigenvalue weighted by molar-refractivity contribution is 9.10. The fourth-order valence-electron chi connectivity index (χ4n) is 2.60. The van der Waals surface area contributed by atoms with Crippen LogP contribution in [0, 0.1) is 11.6 Å². The largest absolute Gasteiger partial charge is 0.325 e. The Morgan fingerprint density at radius 3 is 2.35 bits per heavy atom. The molecule has 0 spiro atoms. The van der Waals surface area contributed by atoms with Crippen LogP contribution in [0.2, 0.25) is 0 Å². The Bertz CT molecular complexity index is 493. The highest BCUT2D eigenvalue weighted by Crippen LogP contribution is 2.30. The molecule has 0 aliphatic heterocycles. The van der Waals surface area contributed by atoms with Gasteiger partial charge in [0, 0.05) is 16.4 Å². The van der Waals surface area contributed by atoms with Gasteiger partial charge in [-0.25, -0.2) is 8.78 Å². The predicted octanol–water partition coefficient (Wildman–Crippen LogP) is 3.72. The average molecular weight is 347 g/mol. The molecule has 1 saturated carbocycles. The number of hydrogen-bond acceptors (Lipinski definition) is 2. The van der Waals surface area contributed by atoms with Crippen LogP contribution in [0.3, 0.4) is 0 Å². The number of carbonyl (C=O) groups is 1. The minimum absolute atomic E-state index is 0.0853. The van der Waals surface area contributed by atoms with Gasteiger partial charge in [0.15, 0.2) is 11.6 Å². The lowest BCUT2D eigenvalue weighted by atomic mass is 9.80. The Labute approximate surface area is 125 Å². The summed E-state index contributed by atoms with van der Waals surface area (Å²) in [5.74, 6) is -2.06. The summed E-state index contributed by atoms with van der Waals surface area (Å²) in [6.45, 7) is 0. The third kappa shape index (κ3) is 3.76. The van der Waals surface area contributed by atoms with Crippen molar-refractivity contribution in [3.8, 4) is 0 Å². The normalized spacial score (nSPS) is 17.8. The van der Waals surface area contributed by atoms with E-state index >= 15 is 0 Å². The number of nitrogens with two attached hydrogens (primary N) is 1. The molecule has 1 aliphatic rings. The van der Waals surface area contributed by atoms with E-state index in [0.29, 0.717) is 0 Å². The predicted molar refractivity (Wildman–Crippen MR) is 77.3 cm³/mol. The highest BCUT2D eigenvalue weighted by Gasteiger charge is 2.30. The van der Waals surface area contributed by atoms with Gasteiger partial charge in [-0.3, -0.25) is 4.79 Å². The summed E-state index contributed by atoms with van der Waals surface area (Å²) < 4.78 is 27.5. The Kier molecular flexibility index (Phi) is 4.75. The number of amides is 1. The molecule has 3 nitrogen and oxygen atoms in total. The van der Waals surface area contributed by atoms with Gasteiger partial charge >= 0.3 is 0 Å². The van der Waals surface area contributed by atoms with Gasteiger partial charge in [0.2, 0.25) is 5.91 Å². The number of benzene rings is 1. The lowest BCUT2D eigenvalue weighted by Crippen LogP contribution is -2.44. The van der Waals surface area contributed by atoms with E-state index in [0.717, 1.165) is 44.2 Å². The van der Waals surface area contributed by atoms with Crippen LogP contribution in [-0.2, 0) is 4.79 Å². The van der Waals surface area contributed by atoms with Crippen molar-refractivity contribution >= 4 is 27.5 Å². The number of nitrogens with one attached hydrogen (secondary N) is 1. The van der Waals surface area contributed by atoms with Crippen molar-refractivity contribution in [1.82, 2.24) is 0 Å². The summed E-state index contributed by atoms with van der Waals surface area (Å²) in [6.07, 6.45) is 4.73. The Hall–Kier alpha value is -1.01.